The van der Waals surface area contributed by atoms with Crippen molar-refractivity contribution in [2.24, 2.45) is 0 Å². The number of carbonyl (C=O) groups is 1. The lowest BCUT2D eigenvalue weighted by Gasteiger charge is -2.18. The number of carbonyl (C=O) groups excluding carboxylic acids is 1. The van der Waals surface area contributed by atoms with Crippen LogP contribution in [-0.4, -0.2) is 32.2 Å². The summed E-state index contributed by atoms with van der Waals surface area (Å²) < 4.78 is 2.64. The third-order valence-corrected chi connectivity index (χ3v) is 4.32. The number of amides is 1. The van der Waals surface area contributed by atoms with E-state index in [2.05, 4.69) is 31.2 Å². The van der Waals surface area contributed by atoms with E-state index >= 15 is 0 Å². The second-order valence-corrected chi connectivity index (χ2v) is 6.31. The number of aryl methyl sites for hydroxylation is 1. The number of imidazole rings is 1. The van der Waals surface area contributed by atoms with Crippen LogP contribution in [0.1, 0.15) is 18.7 Å². The molecule has 0 bridgehead atoms. The van der Waals surface area contributed by atoms with E-state index in [1.165, 1.54) is 0 Å². The van der Waals surface area contributed by atoms with Gasteiger partial charge in [0.2, 0.25) is 5.91 Å². The number of halogens is 1. The zero-order valence-corrected chi connectivity index (χ0v) is 14.7. The Morgan fingerprint density at radius 3 is 2.96 bits per heavy atom. The summed E-state index contributed by atoms with van der Waals surface area (Å²) >= 11 is 3.43. The van der Waals surface area contributed by atoms with E-state index in [1.54, 1.807) is 23.3 Å². The zero-order chi connectivity index (χ0) is 17.1. The number of aromatic nitrogens is 3. The molecule has 1 amide bonds. The molecular formula is C17H17BrN4O2. The number of hydrogen-bond donors (Lipinski definition) is 2. The SMILES string of the molecule is CCc1cncn1C(CO)C(=O)Nc1cnc2ccc(Br)cc2c1. The minimum atomic E-state index is -0.722. The van der Waals surface area contributed by atoms with Crippen LogP contribution in [0.3, 0.4) is 0 Å². The molecule has 2 N–H and O–H groups in total. The Kier molecular flexibility index (Phi) is 4.92. The van der Waals surface area contributed by atoms with Crippen LogP contribution < -0.4 is 5.32 Å². The van der Waals surface area contributed by atoms with Gasteiger partial charge in [-0.15, -0.1) is 0 Å². The number of nitrogens with zero attached hydrogens (tertiary/aromatic N) is 3. The molecule has 2 aromatic heterocycles. The minimum Gasteiger partial charge on any atom is -0.394 e. The van der Waals surface area contributed by atoms with Crippen molar-refractivity contribution in [3.8, 4) is 0 Å². The summed E-state index contributed by atoms with van der Waals surface area (Å²) in [6, 6.07) is 6.89. The summed E-state index contributed by atoms with van der Waals surface area (Å²) in [5.74, 6) is -0.304. The third-order valence-electron chi connectivity index (χ3n) is 3.83. The highest BCUT2D eigenvalue weighted by atomic mass is 79.9. The molecule has 6 nitrogen and oxygen atoms in total. The minimum absolute atomic E-state index is 0.304. The second-order valence-electron chi connectivity index (χ2n) is 5.39. The lowest BCUT2D eigenvalue weighted by Crippen LogP contribution is -2.29. The van der Waals surface area contributed by atoms with Crippen molar-refractivity contribution in [2.75, 3.05) is 11.9 Å². The van der Waals surface area contributed by atoms with Crippen molar-refractivity contribution >= 4 is 38.4 Å². The van der Waals surface area contributed by atoms with E-state index in [1.807, 2.05) is 31.2 Å². The Balaban J connectivity index is 1.85. The van der Waals surface area contributed by atoms with Gasteiger partial charge in [-0.2, -0.15) is 0 Å². The summed E-state index contributed by atoms with van der Waals surface area (Å²) in [5.41, 5.74) is 2.32. The fraction of sp³-hybridized carbons (Fsp3) is 0.235. The molecule has 124 valence electrons. The van der Waals surface area contributed by atoms with Gasteiger partial charge < -0.3 is 15.0 Å². The normalized spacial score (nSPS) is 12.3. The molecule has 0 radical (unpaired) electrons. The molecule has 3 aromatic rings. The van der Waals surface area contributed by atoms with E-state index in [0.717, 1.165) is 27.5 Å². The number of aliphatic hydroxyl groups excluding tert-OH is 1. The predicted molar refractivity (Wildman–Crippen MR) is 95.8 cm³/mol. The number of anilines is 1. The van der Waals surface area contributed by atoms with Crippen molar-refractivity contribution in [2.45, 2.75) is 19.4 Å². The molecule has 0 aliphatic carbocycles. The molecule has 1 aromatic carbocycles. The Labute approximate surface area is 147 Å². The number of fused-ring (bicyclic) bond motifs is 1. The fourth-order valence-electron chi connectivity index (χ4n) is 2.58. The van der Waals surface area contributed by atoms with Gasteiger partial charge in [0.1, 0.15) is 6.04 Å². The summed E-state index contributed by atoms with van der Waals surface area (Å²) in [5, 5.41) is 13.4. The zero-order valence-electron chi connectivity index (χ0n) is 13.1. The van der Waals surface area contributed by atoms with Crippen molar-refractivity contribution in [3.05, 3.63) is 53.2 Å². The molecule has 0 spiro atoms. The molecule has 3 rings (SSSR count). The third kappa shape index (κ3) is 3.32. The van der Waals surface area contributed by atoms with Gasteiger partial charge in [-0.3, -0.25) is 9.78 Å². The van der Waals surface area contributed by atoms with Gasteiger partial charge in [-0.25, -0.2) is 4.98 Å². The Morgan fingerprint density at radius 1 is 1.38 bits per heavy atom. The maximum Gasteiger partial charge on any atom is 0.249 e. The molecule has 0 aliphatic heterocycles. The average molecular weight is 389 g/mol. The van der Waals surface area contributed by atoms with E-state index in [9.17, 15) is 9.90 Å². The van der Waals surface area contributed by atoms with Crippen molar-refractivity contribution in [3.63, 3.8) is 0 Å². The molecule has 24 heavy (non-hydrogen) atoms. The van der Waals surface area contributed by atoms with Crippen LogP contribution in [0.2, 0.25) is 0 Å². The van der Waals surface area contributed by atoms with Crippen LogP contribution in [0.25, 0.3) is 10.9 Å². The smallest absolute Gasteiger partial charge is 0.249 e. The van der Waals surface area contributed by atoms with Crippen LogP contribution in [0.15, 0.2) is 47.5 Å². The summed E-state index contributed by atoms with van der Waals surface area (Å²) in [6.07, 6.45) is 5.60. The van der Waals surface area contributed by atoms with Gasteiger partial charge in [-0.05, 0) is 30.7 Å². The van der Waals surface area contributed by atoms with Crippen LogP contribution in [0.5, 0.6) is 0 Å². The molecule has 1 atom stereocenters. The maximum absolute atomic E-state index is 12.6. The predicted octanol–water partition coefficient (Wildman–Crippen LogP) is 2.93. The monoisotopic (exact) mass is 388 g/mol. The van der Waals surface area contributed by atoms with Gasteiger partial charge in [-0.1, -0.05) is 22.9 Å². The average Bonchev–Trinajstić information content (AvgIpc) is 3.03. The summed E-state index contributed by atoms with van der Waals surface area (Å²) in [7, 11) is 0. The van der Waals surface area contributed by atoms with Crippen molar-refractivity contribution in [1.82, 2.24) is 14.5 Å². The van der Waals surface area contributed by atoms with E-state index in [-0.39, 0.29) is 12.5 Å². The van der Waals surface area contributed by atoms with Gasteiger partial charge in [0, 0.05) is 21.7 Å². The molecule has 0 aliphatic rings. The summed E-state index contributed by atoms with van der Waals surface area (Å²) in [6.45, 7) is 1.67. The van der Waals surface area contributed by atoms with Gasteiger partial charge >= 0.3 is 0 Å². The first kappa shape index (κ1) is 16.6. The molecule has 1 unspecified atom stereocenters. The first-order valence-electron chi connectivity index (χ1n) is 7.60. The number of nitrogens with one attached hydrogen (secondary N) is 1. The number of aliphatic hydroxyl groups is 1. The molecule has 7 heteroatoms. The van der Waals surface area contributed by atoms with Crippen LogP contribution in [0, 0.1) is 0 Å². The van der Waals surface area contributed by atoms with Gasteiger partial charge in [0.15, 0.2) is 0 Å². The highest BCUT2D eigenvalue weighted by Crippen LogP contribution is 2.22. The molecule has 0 fully saturated rings. The van der Waals surface area contributed by atoms with Crippen LogP contribution >= 0.6 is 15.9 Å². The molecule has 0 saturated heterocycles. The second kappa shape index (κ2) is 7.11. The lowest BCUT2D eigenvalue weighted by molar-refractivity contribution is -0.120. The standard InChI is InChI=1S/C17H17BrN4O2/c1-2-14-8-19-10-22(14)16(9-23)17(24)21-13-6-11-5-12(18)3-4-15(11)20-7-13/h3-8,10,16,23H,2,9H2,1H3,(H,21,24). The highest BCUT2D eigenvalue weighted by molar-refractivity contribution is 9.10. The van der Waals surface area contributed by atoms with Gasteiger partial charge in [0.05, 0.1) is 30.3 Å². The number of pyridine rings is 1. The van der Waals surface area contributed by atoms with E-state index in [0.29, 0.717) is 5.69 Å². The van der Waals surface area contributed by atoms with Gasteiger partial charge in [0.25, 0.3) is 0 Å². The Morgan fingerprint density at radius 2 is 2.21 bits per heavy atom. The Bertz CT molecular complexity index is 878. The first-order valence-corrected chi connectivity index (χ1v) is 8.39. The quantitative estimate of drug-likeness (QED) is 0.703. The molecular weight excluding hydrogens is 372 g/mol. The lowest BCUT2D eigenvalue weighted by atomic mass is 10.2. The summed E-state index contributed by atoms with van der Waals surface area (Å²) in [4.78, 5) is 21.0. The largest absolute Gasteiger partial charge is 0.394 e. The number of benzene rings is 1. The topological polar surface area (TPSA) is 80.0 Å². The van der Waals surface area contributed by atoms with Crippen molar-refractivity contribution in [1.29, 1.82) is 0 Å². The van der Waals surface area contributed by atoms with Crippen LogP contribution in [0.4, 0.5) is 5.69 Å². The van der Waals surface area contributed by atoms with Crippen LogP contribution in [-0.2, 0) is 11.2 Å². The van der Waals surface area contributed by atoms with E-state index in [4.69, 9.17) is 0 Å². The fourth-order valence-corrected chi connectivity index (χ4v) is 2.96. The first-order chi connectivity index (χ1) is 11.6. The number of hydrogen-bond acceptors (Lipinski definition) is 4. The Hall–Kier alpha value is -2.25. The van der Waals surface area contributed by atoms with Crippen molar-refractivity contribution < 1.29 is 9.90 Å². The highest BCUT2D eigenvalue weighted by Gasteiger charge is 2.21. The number of rotatable bonds is 5. The molecule has 2 heterocycles. The maximum atomic E-state index is 12.6. The van der Waals surface area contributed by atoms with E-state index < -0.39 is 6.04 Å². The molecule has 0 saturated carbocycles.